The van der Waals surface area contributed by atoms with E-state index in [0.717, 1.165) is 31.7 Å². The van der Waals surface area contributed by atoms with E-state index in [-0.39, 0.29) is 5.41 Å². The van der Waals surface area contributed by atoms with E-state index in [4.69, 9.17) is 10.5 Å². The number of nitrogens with two attached hydrogens (primary N) is 1. The Morgan fingerprint density at radius 2 is 1.94 bits per heavy atom. The van der Waals surface area contributed by atoms with Crippen LogP contribution in [0.3, 0.4) is 0 Å². The zero-order valence-corrected chi connectivity index (χ0v) is 11.5. The van der Waals surface area contributed by atoms with E-state index in [2.05, 4.69) is 45.9 Å². The second-order valence-corrected chi connectivity index (χ2v) is 5.59. The highest BCUT2D eigenvalue weighted by Gasteiger charge is 2.14. The van der Waals surface area contributed by atoms with Crippen molar-refractivity contribution in [2.24, 2.45) is 11.1 Å². The fraction of sp³-hybridized carbons (Fsp3) is 0.600. The zero-order chi connectivity index (χ0) is 12.9. The first-order chi connectivity index (χ1) is 7.94. The molecular formula is C15H25NO. The summed E-state index contributed by atoms with van der Waals surface area (Å²) < 4.78 is 5.82. The molecule has 0 bridgehead atoms. The van der Waals surface area contributed by atoms with E-state index in [1.165, 1.54) is 11.1 Å². The fourth-order valence-corrected chi connectivity index (χ4v) is 1.70. The summed E-state index contributed by atoms with van der Waals surface area (Å²) in [4.78, 5) is 0. The summed E-state index contributed by atoms with van der Waals surface area (Å²) in [6, 6.07) is 6.32. The first-order valence-electron chi connectivity index (χ1n) is 6.35. The van der Waals surface area contributed by atoms with Crippen molar-refractivity contribution in [3.8, 4) is 5.75 Å². The van der Waals surface area contributed by atoms with Gasteiger partial charge in [0.2, 0.25) is 0 Å². The summed E-state index contributed by atoms with van der Waals surface area (Å²) in [6.07, 6.45) is 2.16. The van der Waals surface area contributed by atoms with Gasteiger partial charge in [-0.15, -0.1) is 0 Å². The maximum atomic E-state index is 5.82. The molecule has 0 unspecified atom stereocenters. The molecule has 0 atom stereocenters. The molecule has 0 aliphatic rings. The number of rotatable bonds is 6. The molecule has 0 radical (unpaired) electrons. The van der Waals surface area contributed by atoms with Crippen LogP contribution in [0, 0.1) is 19.3 Å². The van der Waals surface area contributed by atoms with E-state index in [1.54, 1.807) is 0 Å². The van der Waals surface area contributed by atoms with Gasteiger partial charge in [-0.2, -0.15) is 0 Å². The third-order valence-corrected chi connectivity index (χ3v) is 3.15. The standard InChI is InChI=1S/C15H25NO/c1-12-6-7-13(2)14(10-12)17-9-5-8-15(3,4)11-16/h6-7,10H,5,8-9,11,16H2,1-4H3. The Morgan fingerprint density at radius 3 is 2.59 bits per heavy atom. The maximum Gasteiger partial charge on any atom is 0.122 e. The quantitative estimate of drug-likeness (QED) is 0.766. The van der Waals surface area contributed by atoms with Gasteiger partial charge in [0.05, 0.1) is 6.61 Å². The molecule has 0 amide bonds. The SMILES string of the molecule is Cc1ccc(C)c(OCCCC(C)(C)CN)c1. The van der Waals surface area contributed by atoms with Gasteiger partial charge in [-0.3, -0.25) is 0 Å². The first-order valence-corrected chi connectivity index (χ1v) is 6.35. The summed E-state index contributed by atoms with van der Waals surface area (Å²) in [5, 5.41) is 0. The fourth-order valence-electron chi connectivity index (χ4n) is 1.70. The monoisotopic (exact) mass is 235 g/mol. The summed E-state index contributed by atoms with van der Waals surface area (Å²) in [7, 11) is 0. The molecule has 96 valence electrons. The van der Waals surface area contributed by atoms with Gasteiger partial charge in [-0.25, -0.2) is 0 Å². The van der Waals surface area contributed by atoms with Crippen LogP contribution in [0.1, 0.15) is 37.8 Å². The Balaban J connectivity index is 2.38. The third-order valence-electron chi connectivity index (χ3n) is 3.15. The van der Waals surface area contributed by atoms with E-state index in [0.29, 0.717) is 0 Å². The highest BCUT2D eigenvalue weighted by Crippen LogP contribution is 2.22. The molecule has 17 heavy (non-hydrogen) atoms. The highest BCUT2D eigenvalue weighted by atomic mass is 16.5. The van der Waals surface area contributed by atoms with Crippen LogP contribution in [0.4, 0.5) is 0 Å². The normalized spacial score (nSPS) is 11.6. The van der Waals surface area contributed by atoms with Crippen molar-refractivity contribution in [3.05, 3.63) is 29.3 Å². The molecule has 2 nitrogen and oxygen atoms in total. The number of hydrogen-bond donors (Lipinski definition) is 1. The van der Waals surface area contributed by atoms with Crippen LogP contribution < -0.4 is 10.5 Å². The van der Waals surface area contributed by atoms with Gasteiger partial charge in [0, 0.05) is 0 Å². The minimum Gasteiger partial charge on any atom is -0.493 e. The van der Waals surface area contributed by atoms with Gasteiger partial charge < -0.3 is 10.5 Å². The van der Waals surface area contributed by atoms with Crippen molar-refractivity contribution >= 4 is 0 Å². The number of hydrogen-bond acceptors (Lipinski definition) is 2. The lowest BCUT2D eigenvalue weighted by Crippen LogP contribution is -2.24. The Hall–Kier alpha value is -1.02. The van der Waals surface area contributed by atoms with Crippen molar-refractivity contribution in [2.75, 3.05) is 13.2 Å². The van der Waals surface area contributed by atoms with Crippen molar-refractivity contribution in [1.29, 1.82) is 0 Å². The van der Waals surface area contributed by atoms with E-state index >= 15 is 0 Å². The first kappa shape index (κ1) is 14.0. The minimum atomic E-state index is 0.227. The lowest BCUT2D eigenvalue weighted by molar-refractivity contribution is 0.260. The van der Waals surface area contributed by atoms with Crippen molar-refractivity contribution in [1.82, 2.24) is 0 Å². The van der Waals surface area contributed by atoms with Gasteiger partial charge in [0.1, 0.15) is 5.75 Å². The molecule has 1 aromatic carbocycles. The Morgan fingerprint density at radius 1 is 1.24 bits per heavy atom. The number of aryl methyl sites for hydroxylation is 2. The molecule has 0 saturated carbocycles. The molecule has 0 aliphatic carbocycles. The summed E-state index contributed by atoms with van der Waals surface area (Å²) in [6.45, 7) is 10.1. The predicted octanol–water partition coefficient (Wildman–Crippen LogP) is 3.45. The molecular weight excluding hydrogens is 210 g/mol. The average Bonchev–Trinajstić information content (AvgIpc) is 2.29. The number of ether oxygens (including phenoxy) is 1. The van der Waals surface area contributed by atoms with E-state index < -0.39 is 0 Å². The molecule has 0 spiro atoms. The lowest BCUT2D eigenvalue weighted by Gasteiger charge is -2.22. The van der Waals surface area contributed by atoms with Crippen LogP contribution in [0.25, 0.3) is 0 Å². The molecule has 0 aromatic heterocycles. The molecule has 1 rings (SSSR count). The molecule has 1 aromatic rings. The zero-order valence-electron chi connectivity index (χ0n) is 11.5. The van der Waals surface area contributed by atoms with Gasteiger partial charge in [-0.1, -0.05) is 26.0 Å². The highest BCUT2D eigenvalue weighted by molar-refractivity contribution is 5.35. The van der Waals surface area contributed by atoms with Crippen molar-refractivity contribution in [2.45, 2.75) is 40.5 Å². The van der Waals surface area contributed by atoms with Gasteiger partial charge in [0.25, 0.3) is 0 Å². The second-order valence-electron chi connectivity index (χ2n) is 5.59. The Bertz CT molecular complexity index is 358. The third kappa shape index (κ3) is 4.78. The largest absolute Gasteiger partial charge is 0.493 e. The summed E-state index contributed by atoms with van der Waals surface area (Å²) in [5.41, 5.74) is 8.38. The average molecular weight is 235 g/mol. The van der Waals surface area contributed by atoms with Crippen LogP contribution in [-0.4, -0.2) is 13.2 Å². The number of benzene rings is 1. The molecule has 2 N–H and O–H groups in total. The molecule has 0 aliphatic heterocycles. The topological polar surface area (TPSA) is 35.2 Å². The Kier molecular flexibility index (Phi) is 5.01. The smallest absolute Gasteiger partial charge is 0.122 e. The predicted molar refractivity (Wildman–Crippen MR) is 73.5 cm³/mol. The summed E-state index contributed by atoms with van der Waals surface area (Å²) in [5.74, 6) is 1.01. The molecule has 0 fully saturated rings. The lowest BCUT2D eigenvalue weighted by atomic mass is 9.88. The van der Waals surface area contributed by atoms with E-state index in [1.807, 2.05) is 0 Å². The van der Waals surface area contributed by atoms with Gasteiger partial charge >= 0.3 is 0 Å². The van der Waals surface area contributed by atoms with E-state index in [9.17, 15) is 0 Å². The van der Waals surface area contributed by atoms with Gasteiger partial charge in [0.15, 0.2) is 0 Å². The minimum absolute atomic E-state index is 0.227. The van der Waals surface area contributed by atoms with Crippen LogP contribution in [0.5, 0.6) is 5.75 Å². The second kappa shape index (κ2) is 6.06. The van der Waals surface area contributed by atoms with Crippen LogP contribution in [0.15, 0.2) is 18.2 Å². The maximum absolute atomic E-state index is 5.82. The molecule has 2 heteroatoms. The molecule has 0 saturated heterocycles. The van der Waals surface area contributed by atoms with Crippen molar-refractivity contribution in [3.63, 3.8) is 0 Å². The van der Waals surface area contributed by atoms with Crippen LogP contribution in [-0.2, 0) is 0 Å². The Labute approximate surface area is 105 Å². The van der Waals surface area contributed by atoms with Crippen LogP contribution >= 0.6 is 0 Å². The van der Waals surface area contributed by atoms with Crippen molar-refractivity contribution < 1.29 is 4.74 Å². The molecule has 0 heterocycles. The van der Waals surface area contributed by atoms with Crippen LogP contribution in [0.2, 0.25) is 0 Å². The summed E-state index contributed by atoms with van der Waals surface area (Å²) >= 11 is 0. The van der Waals surface area contributed by atoms with Gasteiger partial charge in [-0.05, 0) is 55.8 Å².